The van der Waals surface area contributed by atoms with Gasteiger partial charge < -0.3 is 9.84 Å². The van der Waals surface area contributed by atoms with Gasteiger partial charge in [-0.3, -0.25) is 0 Å². The van der Waals surface area contributed by atoms with Crippen LogP contribution in [-0.4, -0.2) is 12.2 Å². The number of thiophene rings is 1. The number of aliphatic hydroxyl groups is 1. The van der Waals surface area contributed by atoms with E-state index in [1.165, 1.54) is 11.3 Å². The van der Waals surface area contributed by atoms with E-state index < -0.39 is 6.10 Å². The molecule has 0 aliphatic rings. The molecular weight excluding hydrogens is 303 g/mol. The van der Waals surface area contributed by atoms with Crippen LogP contribution in [0.25, 0.3) is 0 Å². The van der Waals surface area contributed by atoms with E-state index in [-0.39, 0.29) is 0 Å². The molecule has 1 aromatic carbocycles. The van der Waals surface area contributed by atoms with Crippen molar-refractivity contribution < 1.29 is 9.84 Å². The molecule has 19 heavy (non-hydrogen) atoms. The highest BCUT2D eigenvalue weighted by atomic mass is 35.5. The van der Waals surface area contributed by atoms with Crippen LogP contribution in [0.15, 0.2) is 23.6 Å². The molecule has 2 nitrogen and oxygen atoms in total. The van der Waals surface area contributed by atoms with Crippen molar-refractivity contribution >= 4 is 34.5 Å². The van der Waals surface area contributed by atoms with Crippen molar-refractivity contribution in [2.24, 2.45) is 0 Å². The van der Waals surface area contributed by atoms with Crippen molar-refractivity contribution in [2.75, 3.05) is 7.11 Å². The Morgan fingerprint density at radius 3 is 2.68 bits per heavy atom. The molecule has 0 amide bonds. The third kappa shape index (κ3) is 3.23. The molecule has 1 N–H and O–H groups in total. The van der Waals surface area contributed by atoms with Gasteiger partial charge in [0, 0.05) is 11.4 Å². The Morgan fingerprint density at radius 1 is 1.37 bits per heavy atom. The minimum absolute atomic E-state index is 0.420. The zero-order valence-electron chi connectivity index (χ0n) is 10.6. The molecule has 0 aliphatic carbocycles. The number of hydrogen-bond acceptors (Lipinski definition) is 3. The zero-order chi connectivity index (χ0) is 14.0. The molecule has 0 fully saturated rings. The zero-order valence-corrected chi connectivity index (χ0v) is 12.9. The Hall–Kier alpha value is -0.740. The lowest BCUT2D eigenvalue weighted by molar-refractivity contribution is 0.181. The molecule has 0 aliphatic heterocycles. The monoisotopic (exact) mass is 316 g/mol. The molecule has 1 unspecified atom stereocenters. The smallest absolute Gasteiger partial charge is 0.122 e. The summed E-state index contributed by atoms with van der Waals surface area (Å²) in [6, 6.07) is 5.36. The van der Waals surface area contributed by atoms with E-state index in [0.29, 0.717) is 22.2 Å². The van der Waals surface area contributed by atoms with Gasteiger partial charge in [0.25, 0.3) is 0 Å². The Balaban J connectivity index is 2.26. The van der Waals surface area contributed by atoms with E-state index in [9.17, 15) is 5.11 Å². The third-order valence-electron chi connectivity index (χ3n) is 2.88. The van der Waals surface area contributed by atoms with Crippen LogP contribution in [0, 0.1) is 6.92 Å². The van der Waals surface area contributed by atoms with Crippen LogP contribution in [0.4, 0.5) is 0 Å². The summed E-state index contributed by atoms with van der Waals surface area (Å²) in [4.78, 5) is 0.779. The normalized spacial score (nSPS) is 12.5. The summed E-state index contributed by atoms with van der Waals surface area (Å²) in [5.74, 6) is 0.716. The molecule has 0 bridgehead atoms. The average molecular weight is 317 g/mol. The fourth-order valence-corrected chi connectivity index (χ4v) is 3.38. The molecule has 0 saturated carbocycles. The first-order valence-electron chi connectivity index (χ1n) is 5.77. The molecular formula is C14H14Cl2O2S. The minimum Gasteiger partial charge on any atom is -0.496 e. The van der Waals surface area contributed by atoms with Crippen LogP contribution in [0.2, 0.25) is 10.0 Å². The number of aliphatic hydroxyl groups excluding tert-OH is 1. The van der Waals surface area contributed by atoms with Crippen LogP contribution in [0.5, 0.6) is 5.75 Å². The van der Waals surface area contributed by atoms with Crippen LogP contribution in [0.3, 0.4) is 0 Å². The van der Waals surface area contributed by atoms with Crippen LogP contribution >= 0.6 is 34.5 Å². The van der Waals surface area contributed by atoms with Gasteiger partial charge in [0.1, 0.15) is 5.75 Å². The maximum Gasteiger partial charge on any atom is 0.122 e. The number of benzene rings is 1. The number of methoxy groups -OCH3 is 1. The van der Waals surface area contributed by atoms with Crippen molar-refractivity contribution in [2.45, 2.75) is 19.4 Å². The predicted octanol–water partition coefficient (Wildman–Crippen LogP) is 4.65. The topological polar surface area (TPSA) is 29.5 Å². The SMILES string of the molecule is COc1ccc(Cl)cc1CC(O)c1scc(C)c1Cl. The van der Waals surface area contributed by atoms with E-state index in [1.807, 2.05) is 12.3 Å². The number of ether oxygens (including phenoxy) is 1. The van der Waals surface area contributed by atoms with E-state index in [0.717, 1.165) is 16.0 Å². The first kappa shape index (κ1) is 14.7. The summed E-state index contributed by atoms with van der Waals surface area (Å²) in [5, 5.41) is 13.5. The molecule has 0 radical (unpaired) electrons. The summed E-state index contributed by atoms with van der Waals surface area (Å²) in [6.45, 7) is 1.93. The summed E-state index contributed by atoms with van der Waals surface area (Å²) >= 11 is 13.6. The number of aryl methyl sites for hydroxylation is 1. The average Bonchev–Trinajstić information content (AvgIpc) is 2.70. The van der Waals surface area contributed by atoms with Crippen molar-refractivity contribution in [1.29, 1.82) is 0 Å². The van der Waals surface area contributed by atoms with Gasteiger partial charge in [-0.1, -0.05) is 23.2 Å². The van der Waals surface area contributed by atoms with Gasteiger partial charge in [0.2, 0.25) is 0 Å². The molecule has 2 rings (SSSR count). The van der Waals surface area contributed by atoms with Crippen molar-refractivity contribution in [3.8, 4) is 5.75 Å². The maximum absolute atomic E-state index is 10.3. The maximum atomic E-state index is 10.3. The van der Waals surface area contributed by atoms with Crippen molar-refractivity contribution in [3.05, 3.63) is 49.6 Å². The lowest BCUT2D eigenvalue weighted by atomic mass is 10.1. The standard InChI is InChI=1S/C14H14Cl2O2S/c1-8-7-19-14(13(8)16)11(17)6-9-5-10(15)3-4-12(9)18-2/h3-5,7,11,17H,6H2,1-2H3. The fourth-order valence-electron chi connectivity index (χ4n) is 1.88. The third-order valence-corrected chi connectivity index (χ3v) is 4.93. The number of rotatable bonds is 4. The Morgan fingerprint density at radius 2 is 2.11 bits per heavy atom. The summed E-state index contributed by atoms with van der Waals surface area (Å²) in [5.41, 5.74) is 1.85. The van der Waals surface area contributed by atoms with Gasteiger partial charge in [-0.25, -0.2) is 0 Å². The van der Waals surface area contributed by atoms with E-state index in [4.69, 9.17) is 27.9 Å². The lowest BCUT2D eigenvalue weighted by Crippen LogP contribution is -2.02. The van der Waals surface area contributed by atoms with Crippen molar-refractivity contribution in [3.63, 3.8) is 0 Å². The molecule has 1 aromatic heterocycles. The van der Waals surface area contributed by atoms with Gasteiger partial charge in [0.05, 0.1) is 23.1 Å². The van der Waals surface area contributed by atoms with Gasteiger partial charge in [-0.05, 0) is 41.6 Å². The summed E-state index contributed by atoms with van der Waals surface area (Å²) in [7, 11) is 1.60. The highest BCUT2D eigenvalue weighted by Gasteiger charge is 2.18. The quantitative estimate of drug-likeness (QED) is 0.889. The Kier molecular flexibility index (Phi) is 4.74. The molecule has 0 saturated heterocycles. The Bertz CT molecular complexity index is 581. The summed E-state index contributed by atoms with van der Waals surface area (Å²) < 4.78 is 5.27. The van der Waals surface area contributed by atoms with E-state index in [2.05, 4.69) is 0 Å². The Labute approximate surface area is 126 Å². The van der Waals surface area contributed by atoms with Crippen LogP contribution < -0.4 is 4.74 Å². The van der Waals surface area contributed by atoms with Crippen LogP contribution in [0.1, 0.15) is 22.1 Å². The molecule has 5 heteroatoms. The van der Waals surface area contributed by atoms with Crippen LogP contribution in [-0.2, 0) is 6.42 Å². The fraction of sp³-hybridized carbons (Fsp3) is 0.286. The molecule has 0 spiro atoms. The number of hydrogen-bond donors (Lipinski definition) is 1. The first-order valence-corrected chi connectivity index (χ1v) is 7.40. The lowest BCUT2D eigenvalue weighted by Gasteiger charge is -2.13. The molecule has 102 valence electrons. The highest BCUT2D eigenvalue weighted by Crippen LogP contribution is 2.35. The largest absolute Gasteiger partial charge is 0.496 e. The predicted molar refractivity (Wildman–Crippen MR) is 80.7 cm³/mol. The van der Waals surface area contributed by atoms with Gasteiger partial charge in [-0.15, -0.1) is 11.3 Å². The summed E-state index contributed by atoms with van der Waals surface area (Å²) in [6.07, 6.45) is -0.234. The number of halogens is 2. The second-order valence-corrected chi connectivity index (χ2v) is 6.00. The molecule has 2 aromatic rings. The second kappa shape index (κ2) is 6.14. The van der Waals surface area contributed by atoms with E-state index in [1.54, 1.807) is 25.3 Å². The van der Waals surface area contributed by atoms with Gasteiger partial charge in [0.15, 0.2) is 0 Å². The van der Waals surface area contributed by atoms with Gasteiger partial charge >= 0.3 is 0 Å². The van der Waals surface area contributed by atoms with E-state index >= 15 is 0 Å². The molecule has 1 atom stereocenters. The van der Waals surface area contributed by atoms with Crippen molar-refractivity contribution in [1.82, 2.24) is 0 Å². The second-order valence-electron chi connectivity index (χ2n) is 4.27. The van der Waals surface area contributed by atoms with Gasteiger partial charge in [-0.2, -0.15) is 0 Å². The molecule has 1 heterocycles. The minimum atomic E-state index is -0.654. The first-order chi connectivity index (χ1) is 9.02. The highest BCUT2D eigenvalue weighted by molar-refractivity contribution is 7.10.